The second-order valence-corrected chi connectivity index (χ2v) is 5.36. The summed E-state index contributed by atoms with van der Waals surface area (Å²) in [5.41, 5.74) is 6.54. The summed E-state index contributed by atoms with van der Waals surface area (Å²) in [6, 6.07) is 5.47. The predicted octanol–water partition coefficient (Wildman–Crippen LogP) is 1.91. The van der Waals surface area contributed by atoms with Crippen LogP contribution >= 0.6 is 11.8 Å². The van der Waals surface area contributed by atoms with Gasteiger partial charge in [-0.1, -0.05) is 0 Å². The van der Waals surface area contributed by atoms with E-state index in [1.807, 2.05) is 26.0 Å². The average Bonchev–Trinajstić information content (AvgIpc) is 2.40. The SMILES string of the molecule is CCOc1ccc(N)c(SCC(=O)NC(C)COC)c1. The van der Waals surface area contributed by atoms with Gasteiger partial charge in [-0.3, -0.25) is 4.79 Å². The van der Waals surface area contributed by atoms with Gasteiger partial charge in [-0.15, -0.1) is 11.8 Å². The topological polar surface area (TPSA) is 73.6 Å². The molecule has 3 N–H and O–H groups in total. The number of amides is 1. The van der Waals surface area contributed by atoms with Gasteiger partial charge in [0.05, 0.1) is 19.0 Å². The van der Waals surface area contributed by atoms with Crippen LogP contribution in [0.3, 0.4) is 0 Å². The van der Waals surface area contributed by atoms with E-state index in [9.17, 15) is 4.79 Å². The molecule has 112 valence electrons. The Kier molecular flexibility index (Phi) is 7.25. The van der Waals surface area contributed by atoms with Crippen LogP contribution in [0.1, 0.15) is 13.8 Å². The highest BCUT2D eigenvalue weighted by molar-refractivity contribution is 8.00. The van der Waals surface area contributed by atoms with E-state index in [0.717, 1.165) is 10.6 Å². The highest BCUT2D eigenvalue weighted by Gasteiger charge is 2.09. The maximum Gasteiger partial charge on any atom is 0.230 e. The number of rotatable bonds is 8. The van der Waals surface area contributed by atoms with Crippen molar-refractivity contribution in [2.24, 2.45) is 0 Å². The molecule has 0 aliphatic carbocycles. The Labute approximate surface area is 124 Å². The average molecular weight is 298 g/mol. The summed E-state index contributed by atoms with van der Waals surface area (Å²) >= 11 is 1.40. The van der Waals surface area contributed by atoms with Gasteiger partial charge in [-0.25, -0.2) is 0 Å². The molecule has 0 saturated carbocycles. The molecule has 0 bridgehead atoms. The standard InChI is InChI=1S/C14H22N2O3S/c1-4-19-11-5-6-12(15)13(7-11)20-9-14(17)16-10(2)8-18-3/h5-7,10H,4,8-9,15H2,1-3H3,(H,16,17). The zero-order valence-electron chi connectivity index (χ0n) is 12.1. The summed E-state index contributed by atoms with van der Waals surface area (Å²) < 4.78 is 10.4. The fraction of sp³-hybridized carbons (Fsp3) is 0.500. The highest BCUT2D eigenvalue weighted by Crippen LogP contribution is 2.29. The van der Waals surface area contributed by atoms with Gasteiger partial charge < -0.3 is 20.5 Å². The molecule has 5 nitrogen and oxygen atoms in total. The molecule has 0 heterocycles. The lowest BCUT2D eigenvalue weighted by Crippen LogP contribution is -2.36. The summed E-state index contributed by atoms with van der Waals surface area (Å²) in [6.45, 7) is 4.92. The quantitative estimate of drug-likeness (QED) is 0.566. The Morgan fingerprint density at radius 2 is 2.25 bits per heavy atom. The number of nitrogens with two attached hydrogens (primary N) is 1. The van der Waals surface area contributed by atoms with Crippen molar-refractivity contribution < 1.29 is 14.3 Å². The number of nitrogen functional groups attached to an aromatic ring is 1. The van der Waals surface area contributed by atoms with Gasteiger partial charge in [0, 0.05) is 23.7 Å². The van der Waals surface area contributed by atoms with E-state index in [0.29, 0.717) is 24.7 Å². The van der Waals surface area contributed by atoms with Crippen LogP contribution in [0.4, 0.5) is 5.69 Å². The predicted molar refractivity (Wildman–Crippen MR) is 82.2 cm³/mol. The van der Waals surface area contributed by atoms with Crippen LogP contribution in [0, 0.1) is 0 Å². The van der Waals surface area contributed by atoms with Gasteiger partial charge in [0.25, 0.3) is 0 Å². The molecule has 0 aromatic heterocycles. The number of carbonyl (C=O) groups is 1. The molecule has 0 spiro atoms. The first-order valence-corrected chi connectivity index (χ1v) is 7.48. The molecular formula is C14H22N2O3S. The van der Waals surface area contributed by atoms with Crippen LogP contribution < -0.4 is 15.8 Å². The van der Waals surface area contributed by atoms with Gasteiger partial charge in [-0.05, 0) is 32.0 Å². The van der Waals surface area contributed by atoms with E-state index in [-0.39, 0.29) is 11.9 Å². The van der Waals surface area contributed by atoms with Crippen molar-refractivity contribution in [3.05, 3.63) is 18.2 Å². The van der Waals surface area contributed by atoms with Crippen LogP contribution in [0.5, 0.6) is 5.75 Å². The summed E-state index contributed by atoms with van der Waals surface area (Å²) in [4.78, 5) is 12.6. The van der Waals surface area contributed by atoms with Gasteiger partial charge in [0.2, 0.25) is 5.91 Å². The number of methoxy groups -OCH3 is 1. The van der Waals surface area contributed by atoms with E-state index in [2.05, 4.69) is 5.32 Å². The van der Waals surface area contributed by atoms with Crippen LogP contribution in [0.25, 0.3) is 0 Å². The minimum Gasteiger partial charge on any atom is -0.494 e. The molecule has 1 unspecified atom stereocenters. The molecular weight excluding hydrogens is 276 g/mol. The molecule has 1 atom stereocenters. The third-order valence-corrected chi connectivity index (χ3v) is 3.55. The summed E-state index contributed by atoms with van der Waals surface area (Å²) in [6.07, 6.45) is 0. The van der Waals surface area contributed by atoms with Crippen molar-refractivity contribution in [2.75, 3.05) is 31.8 Å². The molecule has 1 aromatic rings. The van der Waals surface area contributed by atoms with Gasteiger partial charge in [0.1, 0.15) is 5.75 Å². The van der Waals surface area contributed by atoms with E-state index in [1.54, 1.807) is 13.2 Å². The van der Waals surface area contributed by atoms with Crippen molar-refractivity contribution >= 4 is 23.4 Å². The Hall–Kier alpha value is -1.40. The molecule has 0 aliphatic rings. The Morgan fingerprint density at radius 3 is 2.90 bits per heavy atom. The van der Waals surface area contributed by atoms with Crippen LogP contribution in [-0.2, 0) is 9.53 Å². The number of thioether (sulfide) groups is 1. The highest BCUT2D eigenvalue weighted by atomic mass is 32.2. The first kappa shape index (κ1) is 16.7. The third-order valence-electron chi connectivity index (χ3n) is 2.48. The number of hydrogen-bond acceptors (Lipinski definition) is 5. The normalized spacial score (nSPS) is 11.9. The monoisotopic (exact) mass is 298 g/mol. The van der Waals surface area contributed by atoms with Crippen molar-refractivity contribution in [3.63, 3.8) is 0 Å². The van der Waals surface area contributed by atoms with E-state index in [1.165, 1.54) is 11.8 Å². The third kappa shape index (κ3) is 5.71. The van der Waals surface area contributed by atoms with Crippen molar-refractivity contribution in [1.82, 2.24) is 5.32 Å². The van der Waals surface area contributed by atoms with Gasteiger partial charge in [-0.2, -0.15) is 0 Å². The molecule has 0 fully saturated rings. The summed E-state index contributed by atoms with van der Waals surface area (Å²) in [5.74, 6) is 1.03. The molecule has 1 aromatic carbocycles. The number of ether oxygens (including phenoxy) is 2. The van der Waals surface area contributed by atoms with Crippen LogP contribution in [-0.4, -0.2) is 38.0 Å². The second kappa shape index (κ2) is 8.71. The summed E-state index contributed by atoms with van der Waals surface area (Å²) in [7, 11) is 1.61. The molecule has 0 radical (unpaired) electrons. The van der Waals surface area contributed by atoms with Gasteiger partial charge >= 0.3 is 0 Å². The fourth-order valence-electron chi connectivity index (χ4n) is 1.65. The molecule has 20 heavy (non-hydrogen) atoms. The first-order chi connectivity index (χ1) is 9.56. The molecule has 0 saturated heterocycles. The van der Waals surface area contributed by atoms with E-state index in [4.69, 9.17) is 15.2 Å². The lowest BCUT2D eigenvalue weighted by atomic mass is 10.3. The fourth-order valence-corrected chi connectivity index (χ4v) is 2.45. The lowest BCUT2D eigenvalue weighted by molar-refractivity contribution is -0.119. The smallest absolute Gasteiger partial charge is 0.230 e. The number of hydrogen-bond donors (Lipinski definition) is 2. The van der Waals surface area contributed by atoms with E-state index >= 15 is 0 Å². The minimum absolute atomic E-state index is 0.000191. The zero-order valence-corrected chi connectivity index (χ0v) is 13.0. The number of anilines is 1. The maximum absolute atomic E-state index is 11.8. The Morgan fingerprint density at radius 1 is 1.50 bits per heavy atom. The Balaban J connectivity index is 2.52. The number of benzene rings is 1. The molecule has 1 amide bonds. The minimum atomic E-state index is -0.0410. The molecule has 0 aliphatic heterocycles. The largest absolute Gasteiger partial charge is 0.494 e. The van der Waals surface area contributed by atoms with Crippen molar-refractivity contribution in [2.45, 2.75) is 24.8 Å². The van der Waals surface area contributed by atoms with Gasteiger partial charge in [0.15, 0.2) is 0 Å². The van der Waals surface area contributed by atoms with Crippen molar-refractivity contribution in [3.8, 4) is 5.75 Å². The second-order valence-electron chi connectivity index (χ2n) is 4.35. The van der Waals surface area contributed by atoms with E-state index < -0.39 is 0 Å². The molecule has 1 rings (SSSR count). The lowest BCUT2D eigenvalue weighted by Gasteiger charge is -2.13. The van der Waals surface area contributed by atoms with Crippen molar-refractivity contribution in [1.29, 1.82) is 0 Å². The first-order valence-electron chi connectivity index (χ1n) is 6.50. The Bertz CT molecular complexity index is 440. The van der Waals surface area contributed by atoms with Crippen LogP contribution in [0.15, 0.2) is 23.1 Å². The van der Waals surface area contributed by atoms with Crippen LogP contribution in [0.2, 0.25) is 0 Å². The number of nitrogens with one attached hydrogen (secondary N) is 1. The maximum atomic E-state index is 11.8. The zero-order chi connectivity index (χ0) is 15.0. The summed E-state index contributed by atoms with van der Waals surface area (Å²) in [5, 5.41) is 2.85. The molecule has 6 heteroatoms. The number of carbonyl (C=O) groups excluding carboxylic acids is 1.